The van der Waals surface area contributed by atoms with Crippen LogP contribution in [0.15, 0.2) is 18.2 Å². The van der Waals surface area contributed by atoms with Crippen molar-refractivity contribution in [2.75, 3.05) is 38.3 Å². The molecule has 1 aliphatic rings. The molecule has 1 saturated heterocycles. The second-order valence-corrected chi connectivity index (χ2v) is 3.77. The smallest absolute Gasteiger partial charge is 0.437 e. The van der Waals surface area contributed by atoms with E-state index in [9.17, 15) is 9.18 Å². The molecule has 0 bridgehead atoms. The Hall–Kier alpha value is -1.82. The maximum Gasteiger partial charge on any atom is 0.513 e. The number of benzene rings is 1. The van der Waals surface area contributed by atoms with E-state index in [1.807, 2.05) is 4.90 Å². The lowest BCUT2D eigenvalue weighted by Gasteiger charge is -2.29. The van der Waals surface area contributed by atoms with Gasteiger partial charge < -0.3 is 19.1 Å². The highest BCUT2D eigenvalue weighted by Crippen LogP contribution is 2.25. The molecule has 0 amide bonds. The van der Waals surface area contributed by atoms with Crippen molar-refractivity contribution in [2.24, 2.45) is 0 Å². The van der Waals surface area contributed by atoms with Crippen LogP contribution in [0.4, 0.5) is 14.9 Å². The molecule has 6 heteroatoms. The minimum absolute atomic E-state index is 0.122. The van der Waals surface area contributed by atoms with Crippen LogP contribution in [0.2, 0.25) is 0 Å². The van der Waals surface area contributed by atoms with Gasteiger partial charge in [-0.1, -0.05) is 0 Å². The molecule has 1 aromatic carbocycles. The van der Waals surface area contributed by atoms with Crippen LogP contribution in [0.3, 0.4) is 0 Å². The van der Waals surface area contributed by atoms with Crippen molar-refractivity contribution in [2.45, 2.75) is 0 Å². The maximum absolute atomic E-state index is 13.9. The minimum atomic E-state index is -0.867. The lowest BCUT2D eigenvalue weighted by Crippen LogP contribution is -2.36. The first-order valence-electron chi connectivity index (χ1n) is 5.59. The first kappa shape index (κ1) is 12.6. The molecule has 0 atom stereocenters. The van der Waals surface area contributed by atoms with Crippen LogP contribution in [0, 0.1) is 5.82 Å². The van der Waals surface area contributed by atoms with Gasteiger partial charge in [0.25, 0.3) is 0 Å². The molecule has 0 radical (unpaired) electrons. The SMILES string of the molecule is COC(=O)Oc1ccc(N2CCOCC2)c(F)c1. The zero-order chi connectivity index (χ0) is 13.0. The molecule has 2 rings (SSSR count). The summed E-state index contributed by atoms with van der Waals surface area (Å²) in [7, 11) is 1.20. The average molecular weight is 255 g/mol. The van der Waals surface area contributed by atoms with Crippen molar-refractivity contribution in [1.82, 2.24) is 0 Å². The Balaban J connectivity index is 2.11. The van der Waals surface area contributed by atoms with Crippen LogP contribution in [0.5, 0.6) is 5.75 Å². The molecule has 0 aliphatic carbocycles. The van der Waals surface area contributed by atoms with Gasteiger partial charge in [-0.3, -0.25) is 0 Å². The molecule has 0 aromatic heterocycles. The Morgan fingerprint density at radius 1 is 1.39 bits per heavy atom. The summed E-state index contributed by atoms with van der Waals surface area (Å²) in [6, 6.07) is 4.28. The molecule has 1 heterocycles. The van der Waals surface area contributed by atoms with E-state index in [2.05, 4.69) is 4.74 Å². The summed E-state index contributed by atoms with van der Waals surface area (Å²) in [6.07, 6.45) is -0.867. The number of carbonyl (C=O) groups is 1. The highest BCUT2D eigenvalue weighted by Gasteiger charge is 2.16. The standard InChI is InChI=1S/C12H14FNO4/c1-16-12(15)18-9-2-3-11(10(13)8-9)14-4-6-17-7-5-14/h2-3,8H,4-7H2,1H3. The van der Waals surface area contributed by atoms with Gasteiger partial charge in [0.2, 0.25) is 0 Å². The summed E-state index contributed by atoms with van der Waals surface area (Å²) in [5.74, 6) is -0.310. The number of hydrogen-bond acceptors (Lipinski definition) is 5. The summed E-state index contributed by atoms with van der Waals surface area (Å²) >= 11 is 0. The number of rotatable bonds is 2. The largest absolute Gasteiger partial charge is 0.513 e. The van der Waals surface area contributed by atoms with Gasteiger partial charge in [-0.25, -0.2) is 9.18 Å². The molecule has 5 nitrogen and oxygen atoms in total. The fourth-order valence-electron chi connectivity index (χ4n) is 1.75. The Bertz CT molecular complexity index is 432. The number of halogens is 1. The van der Waals surface area contributed by atoms with Crippen LogP contribution < -0.4 is 9.64 Å². The Kier molecular flexibility index (Phi) is 3.99. The number of methoxy groups -OCH3 is 1. The molecular formula is C12H14FNO4. The van der Waals surface area contributed by atoms with Gasteiger partial charge in [0.1, 0.15) is 11.6 Å². The van der Waals surface area contributed by atoms with E-state index in [1.165, 1.54) is 19.2 Å². The van der Waals surface area contributed by atoms with Crippen LogP contribution in [-0.4, -0.2) is 39.6 Å². The monoisotopic (exact) mass is 255 g/mol. The fourth-order valence-corrected chi connectivity index (χ4v) is 1.75. The minimum Gasteiger partial charge on any atom is -0.437 e. The van der Waals surface area contributed by atoms with E-state index in [4.69, 9.17) is 9.47 Å². The molecule has 18 heavy (non-hydrogen) atoms. The maximum atomic E-state index is 13.9. The molecule has 0 spiro atoms. The number of hydrogen-bond donors (Lipinski definition) is 0. The Labute approximate surface area is 104 Å². The molecule has 1 fully saturated rings. The van der Waals surface area contributed by atoms with E-state index < -0.39 is 12.0 Å². The van der Waals surface area contributed by atoms with E-state index in [1.54, 1.807) is 6.07 Å². The third-order valence-corrected chi connectivity index (χ3v) is 2.64. The molecule has 0 N–H and O–H groups in total. The number of ether oxygens (including phenoxy) is 3. The van der Waals surface area contributed by atoms with Crippen LogP contribution in [0.25, 0.3) is 0 Å². The topological polar surface area (TPSA) is 48.0 Å². The average Bonchev–Trinajstić information content (AvgIpc) is 2.40. The second-order valence-electron chi connectivity index (χ2n) is 3.77. The lowest BCUT2D eigenvalue weighted by molar-refractivity contribution is 0.121. The van der Waals surface area contributed by atoms with Crippen molar-refractivity contribution in [1.29, 1.82) is 0 Å². The van der Waals surface area contributed by atoms with Crippen molar-refractivity contribution in [3.8, 4) is 5.75 Å². The number of morpholine rings is 1. The van der Waals surface area contributed by atoms with E-state index in [0.29, 0.717) is 32.0 Å². The van der Waals surface area contributed by atoms with Gasteiger partial charge in [-0.05, 0) is 12.1 Å². The van der Waals surface area contributed by atoms with Gasteiger partial charge in [-0.15, -0.1) is 0 Å². The summed E-state index contributed by atoms with van der Waals surface area (Å²) in [6.45, 7) is 2.46. The summed E-state index contributed by atoms with van der Waals surface area (Å²) in [5, 5.41) is 0. The summed E-state index contributed by atoms with van der Waals surface area (Å²) < 4.78 is 28.1. The van der Waals surface area contributed by atoms with Crippen molar-refractivity contribution in [3.05, 3.63) is 24.0 Å². The fraction of sp³-hybridized carbons (Fsp3) is 0.417. The predicted molar refractivity (Wildman–Crippen MR) is 62.5 cm³/mol. The van der Waals surface area contributed by atoms with Crippen LogP contribution in [-0.2, 0) is 9.47 Å². The van der Waals surface area contributed by atoms with E-state index in [0.717, 1.165) is 0 Å². The molecule has 98 valence electrons. The zero-order valence-electron chi connectivity index (χ0n) is 10.0. The van der Waals surface area contributed by atoms with Gasteiger partial charge in [0, 0.05) is 19.2 Å². The lowest BCUT2D eigenvalue weighted by atomic mass is 10.2. The first-order valence-corrected chi connectivity index (χ1v) is 5.59. The quantitative estimate of drug-likeness (QED) is 0.595. The van der Waals surface area contributed by atoms with Crippen molar-refractivity contribution >= 4 is 11.8 Å². The number of nitrogens with zero attached hydrogens (tertiary/aromatic N) is 1. The second kappa shape index (κ2) is 5.68. The first-order chi connectivity index (χ1) is 8.70. The van der Waals surface area contributed by atoms with Gasteiger partial charge in [-0.2, -0.15) is 0 Å². The highest BCUT2D eigenvalue weighted by molar-refractivity contribution is 5.64. The van der Waals surface area contributed by atoms with Gasteiger partial charge in [0.15, 0.2) is 0 Å². The Morgan fingerprint density at radius 2 is 2.11 bits per heavy atom. The molecule has 0 unspecified atom stereocenters. The Morgan fingerprint density at radius 3 is 2.72 bits per heavy atom. The van der Waals surface area contributed by atoms with Gasteiger partial charge in [0.05, 0.1) is 26.0 Å². The van der Waals surface area contributed by atoms with Gasteiger partial charge >= 0.3 is 6.16 Å². The molecular weight excluding hydrogens is 241 g/mol. The predicted octanol–water partition coefficient (Wildman–Crippen LogP) is 1.81. The molecule has 0 saturated carbocycles. The van der Waals surface area contributed by atoms with Crippen LogP contribution >= 0.6 is 0 Å². The number of anilines is 1. The summed E-state index contributed by atoms with van der Waals surface area (Å²) in [5.41, 5.74) is 0.482. The molecule has 1 aromatic rings. The van der Waals surface area contributed by atoms with E-state index >= 15 is 0 Å². The summed E-state index contributed by atoms with van der Waals surface area (Å²) in [4.78, 5) is 12.8. The molecule has 1 aliphatic heterocycles. The van der Waals surface area contributed by atoms with E-state index in [-0.39, 0.29) is 5.75 Å². The third-order valence-electron chi connectivity index (χ3n) is 2.64. The normalized spacial score (nSPS) is 15.3. The highest BCUT2D eigenvalue weighted by atomic mass is 19.1. The zero-order valence-corrected chi connectivity index (χ0v) is 10.0. The third kappa shape index (κ3) is 2.89. The number of carbonyl (C=O) groups excluding carboxylic acids is 1. The van der Waals surface area contributed by atoms with Crippen molar-refractivity contribution < 1.29 is 23.4 Å². The van der Waals surface area contributed by atoms with Crippen molar-refractivity contribution in [3.63, 3.8) is 0 Å². The van der Waals surface area contributed by atoms with Crippen LogP contribution in [0.1, 0.15) is 0 Å².